The van der Waals surface area contributed by atoms with Crippen LogP contribution in [0, 0.1) is 5.82 Å². The van der Waals surface area contributed by atoms with Crippen molar-refractivity contribution in [3.63, 3.8) is 0 Å². The zero-order valence-electron chi connectivity index (χ0n) is 11.4. The largest absolute Gasteiger partial charge is 0.460 e. The number of nitrogens with two attached hydrogens (primary N) is 1. The van der Waals surface area contributed by atoms with Gasteiger partial charge in [-0.15, -0.1) is 0 Å². The second kappa shape index (κ2) is 6.84. The highest BCUT2D eigenvalue weighted by Crippen LogP contribution is 2.22. The van der Waals surface area contributed by atoms with Gasteiger partial charge in [-0.25, -0.2) is 17.9 Å². The molecule has 0 aliphatic carbocycles. The normalized spacial score (nSPS) is 11.7. The Morgan fingerprint density at radius 2 is 1.86 bits per heavy atom. The summed E-state index contributed by atoms with van der Waals surface area (Å²) in [6, 6.07) is 9.70. The maximum Gasteiger partial charge on any atom is 0.209 e. The minimum atomic E-state index is -3.40. The molecule has 114 valence electrons. The number of primary sulfonamides is 1. The van der Waals surface area contributed by atoms with Gasteiger partial charge in [0.1, 0.15) is 17.3 Å². The second-order valence-electron chi connectivity index (χ2n) is 4.67. The third kappa shape index (κ3) is 5.30. The van der Waals surface area contributed by atoms with Crippen LogP contribution in [-0.4, -0.2) is 20.7 Å². The fraction of sp³-hybridized carbons (Fsp3) is 0.286. The summed E-state index contributed by atoms with van der Waals surface area (Å²) < 4.78 is 40.0. The maximum atomic E-state index is 12.8. The molecule has 2 rings (SSSR count). The molecule has 21 heavy (non-hydrogen) atoms. The Balaban J connectivity index is 1.82. The van der Waals surface area contributed by atoms with Gasteiger partial charge in [0.05, 0.1) is 12.3 Å². The van der Waals surface area contributed by atoms with E-state index >= 15 is 0 Å². The average molecular weight is 312 g/mol. The van der Waals surface area contributed by atoms with Gasteiger partial charge in [0.15, 0.2) is 0 Å². The van der Waals surface area contributed by atoms with E-state index in [-0.39, 0.29) is 11.6 Å². The highest BCUT2D eigenvalue weighted by molar-refractivity contribution is 7.89. The van der Waals surface area contributed by atoms with Crippen LogP contribution >= 0.6 is 0 Å². The van der Waals surface area contributed by atoms with Gasteiger partial charge in [-0.1, -0.05) is 0 Å². The first-order valence-electron chi connectivity index (χ1n) is 6.50. The molecule has 0 atom stereocenters. The summed E-state index contributed by atoms with van der Waals surface area (Å²) in [5.74, 6) is 1.06. The first-order valence-corrected chi connectivity index (χ1v) is 8.21. The Hall–Kier alpha value is -1.70. The van der Waals surface area contributed by atoms with Crippen molar-refractivity contribution < 1.29 is 17.2 Å². The highest BCUT2D eigenvalue weighted by Gasteiger charge is 2.05. The monoisotopic (exact) mass is 312 g/mol. The predicted molar refractivity (Wildman–Crippen MR) is 78.4 cm³/mol. The van der Waals surface area contributed by atoms with E-state index in [1.54, 1.807) is 12.1 Å². The predicted octanol–water partition coefficient (Wildman–Crippen LogP) is 1.85. The van der Waals surface area contributed by atoms with E-state index in [0.29, 0.717) is 25.3 Å². The molecule has 0 fully saturated rings. The van der Waals surface area contributed by atoms with Crippen molar-refractivity contribution in [2.24, 2.45) is 5.14 Å². The SMILES string of the molecule is NS(=O)(=O)CCCNCc1ccc(-c2ccc(F)cc2)o1. The van der Waals surface area contributed by atoms with Crippen LogP contribution in [0.1, 0.15) is 12.2 Å². The summed E-state index contributed by atoms with van der Waals surface area (Å²) in [5, 5.41) is 7.98. The molecule has 1 heterocycles. The van der Waals surface area contributed by atoms with Crippen LogP contribution in [0.25, 0.3) is 11.3 Å². The molecule has 3 N–H and O–H groups in total. The number of nitrogens with one attached hydrogen (secondary N) is 1. The topological polar surface area (TPSA) is 85.3 Å². The molecule has 1 aromatic carbocycles. The molecule has 7 heteroatoms. The summed E-state index contributed by atoms with van der Waals surface area (Å²) in [6.07, 6.45) is 0.449. The second-order valence-corrected chi connectivity index (χ2v) is 6.40. The van der Waals surface area contributed by atoms with Crippen molar-refractivity contribution in [3.05, 3.63) is 48.0 Å². The molecule has 0 bridgehead atoms. The molecule has 2 aromatic rings. The number of furan rings is 1. The zero-order chi connectivity index (χ0) is 15.3. The molecular formula is C14H17FN2O3S. The summed E-state index contributed by atoms with van der Waals surface area (Å²) in [7, 11) is -3.40. The smallest absolute Gasteiger partial charge is 0.209 e. The standard InChI is InChI=1S/C14H17FN2O3S/c15-12-4-2-11(3-5-12)14-7-6-13(20-14)10-17-8-1-9-21(16,18)19/h2-7,17H,1,8-10H2,(H2,16,18,19). The van der Waals surface area contributed by atoms with Crippen molar-refractivity contribution in [1.29, 1.82) is 0 Å². The van der Waals surface area contributed by atoms with Gasteiger partial charge >= 0.3 is 0 Å². The van der Waals surface area contributed by atoms with Gasteiger partial charge in [-0.3, -0.25) is 0 Å². The minimum absolute atomic E-state index is 0.0427. The van der Waals surface area contributed by atoms with Crippen molar-refractivity contribution in [2.45, 2.75) is 13.0 Å². The van der Waals surface area contributed by atoms with Crippen LogP contribution < -0.4 is 10.5 Å². The van der Waals surface area contributed by atoms with Crippen molar-refractivity contribution in [3.8, 4) is 11.3 Å². The molecule has 0 saturated carbocycles. The van der Waals surface area contributed by atoms with E-state index in [1.165, 1.54) is 12.1 Å². The van der Waals surface area contributed by atoms with Crippen molar-refractivity contribution in [2.75, 3.05) is 12.3 Å². The molecule has 0 spiro atoms. The molecule has 0 saturated heterocycles. The summed E-state index contributed by atoms with van der Waals surface area (Å²) in [4.78, 5) is 0. The van der Waals surface area contributed by atoms with Crippen molar-refractivity contribution in [1.82, 2.24) is 5.32 Å². The minimum Gasteiger partial charge on any atom is -0.460 e. The molecule has 5 nitrogen and oxygen atoms in total. The van der Waals surface area contributed by atoms with Gasteiger partial charge in [0, 0.05) is 5.56 Å². The first kappa shape index (κ1) is 15.7. The Bertz CT molecular complexity index is 680. The van der Waals surface area contributed by atoms with E-state index in [0.717, 1.165) is 11.3 Å². The summed E-state index contributed by atoms with van der Waals surface area (Å²) >= 11 is 0. The van der Waals surface area contributed by atoms with Crippen LogP contribution in [0.3, 0.4) is 0 Å². The number of benzene rings is 1. The molecular weight excluding hydrogens is 295 g/mol. The molecule has 0 radical (unpaired) electrons. The van der Waals surface area contributed by atoms with E-state index in [1.807, 2.05) is 12.1 Å². The number of hydrogen-bond donors (Lipinski definition) is 2. The Kier molecular flexibility index (Phi) is 5.11. The number of sulfonamides is 1. The summed E-state index contributed by atoms with van der Waals surface area (Å²) in [5.41, 5.74) is 0.803. The molecule has 0 unspecified atom stereocenters. The van der Waals surface area contributed by atoms with Crippen LogP contribution in [-0.2, 0) is 16.6 Å². The lowest BCUT2D eigenvalue weighted by atomic mass is 10.2. The van der Waals surface area contributed by atoms with Crippen LogP contribution in [0.2, 0.25) is 0 Å². The van der Waals surface area contributed by atoms with Crippen molar-refractivity contribution >= 4 is 10.0 Å². The van der Waals surface area contributed by atoms with E-state index < -0.39 is 10.0 Å². The van der Waals surface area contributed by atoms with Gasteiger partial charge in [0.2, 0.25) is 10.0 Å². The van der Waals surface area contributed by atoms with Gasteiger partial charge in [0.25, 0.3) is 0 Å². The Morgan fingerprint density at radius 1 is 1.14 bits per heavy atom. The lowest BCUT2D eigenvalue weighted by molar-refractivity contribution is 0.493. The maximum absolute atomic E-state index is 12.8. The molecule has 0 amide bonds. The zero-order valence-corrected chi connectivity index (χ0v) is 12.2. The molecule has 0 aliphatic heterocycles. The summed E-state index contributed by atoms with van der Waals surface area (Å²) in [6.45, 7) is 1.02. The van der Waals surface area contributed by atoms with Gasteiger partial charge < -0.3 is 9.73 Å². The van der Waals surface area contributed by atoms with E-state index in [9.17, 15) is 12.8 Å². The Labute approximate surface area is 123 Å². The van der Waals surface area contributed by atoms with Crippen LogP contribution in [0.5, 0.6) is 0 Å². The molecule has 1 aromatic heterocycles. The lowest BCUT2D eigenvalue weighted by Crippen LogP contribution is -2.21. The third-order valence-corrected chi connectivity index (χ3v) is 3.73. The highest BCUT2D eigenvalue weighted by atomic mass is 32.2. The molecule has 0 aliphatic rings. The van der Waals surface area contributed by atoms with E-state index in [4.69, 9.17) is 9.56 Å². The lowest BCUT2D eigenvalue weighted by Gasteiger charge is -2.02. The average Bonchev–Trinajstić information content (AvgIpc) is 2.87. The number of hydrogen-bond acceptors (Lipinski definition) is 4. The Morgan fingerprint density at radius 3 is 2.52 bits per heavy atom. The number of rotatable bonds is 7. The first-order chi connectivity index (χ1) is 9.94. The van der Waals surface area contributed by atoms with Crippen LogP contribution in [0.4, 0.5) is 4.39 Å². The van der Waals surface area contributed by atoms with Crippen LogP contribution in [0.15, 0.2) is 40.8 Å². The van der Waals surface area contributed by atoms with Gasteiger partial charge in [-0.2, -0.15) is 0 Å². The van der Waals surface area contributed by atoms with Gasteiger partial charge in [-0.05, 0) is 49.4 Å². The third-order valence-electron chi connectivity index (χ3n) is 2.87. The fourth-order valence-electron chi connectivity index (χ4n) is 1.85. The fourth-order valence-corrected chi connectivity index (χ4v) is 2.40. The van der Waals surface area contributed by atoms with E-state index in [2.05, 4.69) is 5.32 Å². The quantitative estimate of drug-likeness (QED) is 0.764. The number of halogens is 1.